The molecule has 0 spiro atoms. The Labute approximate surface area is 133 Å². The van der Waals surface area contributed by atoms with Crippen LogP contribution in [0.2, 0.25) is 5.02 Å². The summed E-state index contributed by atoms with van der Waals surface area (Å²) in [5.41, 5.74) is 0.338. The molecule has 100 valence electrons. The van der Waals surface area contributed by atoms with Gasteiger partial charge in [0.05, 0.1) is 15.6 Å². The van der Waals surface area contributed by atoms with Gasteiger partial charge in [-0.3, -0.25) is 4.72 Å². The van der Waals surface area contributed by atoms with Crippen molar-refractivity contribution in [2.45, 2.75) is 4.90 Å². The molecule has 0 amide bonds. The van der Waals surface area contributed by atoms with Gasteiger partial charge in [-0.1, -0.05) is 49.5 Å². The van der Waals surface area contributed by atoms with Crippen molar-refractivity contribution in [1.82, 2.24) is 0 Å². The third-order valence-electron chi connectivity index (χ3n) is 2.28. The van der Waals surface area contributed by atoms with Gasteiger partial charge in [-0.25, -0.2) is 8.42 Å². The van der Waals surface area contributed by atoms with Crippen LogP contribution >= 0.6 is 43.5 Å². The van der Waals surface area contributed by atoms with Crippen molar-refractivity contribution in [3.63, 3.8) is 0 Å². The molecular weight excluding hydrogens is 417 g/mol. The molecule has 3 nitrogen and oxygen atoms in total. The second-order valence-electron chi connectivity index (χ2n) is 3.69. The van der Waals surface area contributed by atoms with Crippen LogP contribution in [-0.2, 0) is 10.0 Å². The molecule has 0 aliphatic heterocycles. The zero-order valence-corrected chi connectivity index (χ0v) is 14.1. The highest BCUT2D eigenvalue weighted by atomic mass is 79.9. The Balaban J connectivity index is 2.36. The van der Waals surface area contributed by atoms with Crippen LogP contribution in [0.5, 0.6) is 0 Å². The smallest absolute Gasteiger partial charge is 0.261 e. The van der Waals surface area contributed by atoms with E-state index >= 15 is 0 Å². The zero-order chi connectivity index (χ0) is 14.0. The molecule has 0 fully saturated rings. The molecule has 0 aliphatic carbocycles. The Morgan fingerprint density at radius 3 is 2.32 bits per heavy atom. The van der Waals surface area contributed by atoms with Gasteiger partial charge in [-0.05, 0) is 36.4 Å². The summed E-state index contributed by atoms with van der Waals surface area (Å²) >= 11 is 12.5. The Morgan fingerprint density at radius 2 is 1.68 bits per heavy atom. The predicted molar refractivity (Wildman–Crippen MR) is 84.1 cm³/mol. The van der Waals surface area contributed by atoms with E-state index in [2.05, 4.69) is 36.6 Å². The molecule has 0 unspecified atom stereocenters. The molecule has 0 aromatic heterocycles. The lowest BCUT2D eigenvalue weighted by molar-refractivity contribution is 0.601. The van der Waals surface area contributed by atoms with Gasteiger partial charge in [0.15, 0.2) is 0 Å². The minimum atomic E-state index is -3.65. The number of hydrogen-bond donors (Lipinski definition) is 1. The second kappa shape index (κ2) is 5.83. The minimum Gasteiger partial charge on any atom is -0.278 e. The molecule has 0 saturated heterocycles. The quantitative estimate of drug-likeness (QED) is 0.777. The van der Waals surface area contributed by atoms with Gasteiger partial charge in [0, 0.05) is 8.95 Å². The standard InChI is InChI=1S/C12H8Br2ClNO2S/c13-8-2-1-3-10(6-8)19(17,18)16-12-5-4-9(14)7-11(12)15/h1-7,16H. The van der Waals surface area contributed by atoms with E-state index in [-0.39, 0.29) is 4.90 Å². The summed E-state index contributed by atoms with van der Waals surface area (Å²) in [6.07, 6.45) is 0. The first-order valence-electron chi connectivity index (χ1n) is 5.12. The fraction of sp³-hybridized carbons (Fsp3) is 0. The average molecular weight is 426 g/mol. The molecule has 0 saturated carbocycles. The lowest BCUT2D eigenvalue weighted by Crippen LogP contribution is -2.13. The van der Waals surface area contributed by atoms with Gasteiger partial charge in [-0.2, -0.15) is 0 Å². The van der Waals surface area contributed by atoms with E-state index < -0.39 is 10.0 Å². The highest BCUT2D eigenvalue weighted by Crippen LogP contribution is 2.28. The number of nitrogens with one attached hydrogen (secondary N) is 1. The number of benzene rings is 2. The highest BCUT2D eigenvalue weighted by molar-refractivity contribution is 9.10. The van der Waals surface area contributed by atoms with Crippen LogP contribution in [0.3, 0.4) is 0 Å². The average Bonchev–Trinajstić information content (AvgIpc) is 2.33. The van der Waals surface area contributed by atoms with Gasteiger partial charge in [-0.15, -0.1) is 0 Å². The molecule has 0 heterocycles. The molecule has 0 aliphatic rings. The maximum Gasteiger partial charge on any atom is 0.261 e. The van der Waals surface area contributed by atoms with Crippen molar-refractivity contribution >= 4 is 59.2 Å². The summed E-state index contributed by atoms with van der Waals surface area (Å²) in [6.45, 7) is 0. The van der Waals surface area contributed by atoms with Crippen molar-refractivity contribution in [1.29, 1.82) is 0 Å². The van der Waals surface area contributed by atoms with Crippen LogP contribution < -0.4 is 4.72 Å². The van der Waals surface area contributed by atoms with Crippen molar-refractivity contribution in [2.75, 3.05) is 4.72 Å². The molecular formula is C12H8Br2ClNO2S. The minimum absolute atomic E-state index is 0.167. The molecule has 19 heavy (non-hydrogen) atoms. The van der Waals surface area contributed by atoms with Gasteiger partial charge < -0.3 is 0 Å². The Morgan fingerprint density at radius 1 is 1.00 bits per heavy atom. The number of halogens is 3. The number of anilines is 1. The highest BCUT2D eigenvalue weighted by Gasteiger charge is 2.15. The zero-order valence-electron chi connectivity index (χ0n) is 9.40. The van der Waals surface area contributed by atoms with Gasteiger partial charge in [0.1, 0.15) is 0 Å². The summed E-state index contributed by atoms with van der Waals surface area (Å²) < 4.78 is 28.3. The molecule has 2 rings (SSSR count). The normalized spacial score (nSPS) is 11.3. The monoisotopic (exact) mass is 423 g/mol. The maximum absolute atomic E-state index is 12.2. The summed E-state index contributed by atoms with van der Waals surface area (Å²) in [6, 6.07) is 11.4. The summed E-state index contributed by atoms with van der Waals surface area (Å²) in [5, 5.41) is 0.327. The Bertz CT molecular complexity index is 719. The largest absolute Gasteiger partial charge is 0.278 e. The molecule has 0 bridgehead atoms. The van der Waals surface area contributed by atoms with Gasteiger partial charge in [0.2, 0.25) is 0 Å². The van der Waals surface area contributed by atoms with E-state index in [0.29, 0.717) is 15.2 Å². The molecule has 2 aromatic rings. The third-order valence-corrected chi connectivity index (χ3v) is 4.94. The maximum atomic E-state index is 12.2. The van der Waals surface area contributed by atoms with E-state index in [1.165, 1.54) is 12.1 Å². The van der Waals surface area contributed by atoms with E-state index in [1.807, 2.05) is 0 Å². The van der Waals surface area contributed by atoms with Crippen molar-refractivity contribution in [3.8, 4) is 0 Å². The van der Waals surface area contributed by atoms with E-state index in [9.17, 15) is 8.42 Å². The number of hydrogen-bond acceptors (Lipinski definition) is 2. The van der Waals surface area contributed by atoms with Crippen molar-refractivity contribution < 1.29 is 8.42 Å². The van der Waals surface area contributed by atoms with Crippen molar-refractivity contribution in [2.24, 2.45) is 0 Å². The van der Waals surface area contributed by atoms with Crippen LogP contribution in [0, 0.1) is 0 Å². The van der Waals surface area contributed by atoms with E-state index in [1.54, 1.807) is 30.3 Å². The van der Waals surface area contributed by atoms with Crippen LogP contribution in [-0.4, -0.2) is 8.42 Å². The molecule has 2 aromatic carbocycles. The Hall–Kier alpha value is -0.560. The summed E-state index contributed by atoms with van der Waals surface area (Å²) in [7, 11) is -3.65. The lowest BCUT2D eigenvalue weighted by atomic mass is 10.3. The fourth-order valence-corrected chi connectivity index (χ4v) is 3.86. The summed E-state index contributed by atoms with van der Waals surface area (Å²) in [4.78, 5) is 0.167. The SMILES string of the molecule is O=S(=O)(Nc1ccc(Br)cc1Cl)c1cccc(Br)c1. The molecule has 0 radical (unpaired) electrons. The number of sulfonamides is 1. The first-order valence-corrected chi connectivity index (χ1v) is 8.57. The van der Waals surface area contributed by atoms with E-state index in [4.69, 9.17) is 11.6 Å². The first-order chi connectivity index (χ1) is 8.88. The first kappa shape index (κ1) is 14.8. The van der Waals surface area contributed by atoms with Crippen LogP contribution in [0.1, 0.15) is 0 Å². The number of rotatable bonds is 3. The van der Waals surface area contributed by atoms with Crippen molar-refractivity contribution in [3.05, 3.63) is 56.4 Å². The topological polar surface area (TPSA) is 46.2 Å². The van der Waals surface area contributed by atoms with Crippen LogP contribution in [0.25, 0.3) is 0 Å². The third kappa shape index (κ3) is 3.72. The predicted octanol–water partition coefficient (Wildman–Crippen LogP) is 4.67. The molecule has 0 atom stereocenters. The van der Waals surface area contributed by atoms with Crippen LogP contribution in [0.4, 0.5) is 5.69 Å². The Kier molecular flexibility index (Phi) is 4.55. The van der Waals surface area contributed by atoms with Gasteiger partial charge in [0.25, 0.3) is 10.0 Å². The van der Waals surface area contributed by atoms with Crippen LogP contribution in [0.15, 0.2) is 56.3 Å². The molecule has 1 N–H and O–H groups in total. The van der Waals surface area contributed by atoms with Gasteiger partial charge >= 0.3 is 0 Å². The van der Waals surface area contributed by atoms with E-state index in [0.717, 1.165) is 4.47 Å². The fourth-order valence-electron chi connectivity index (χ4n) is 1.41. The lowest BCUT2D eigenvalue weighted by Gasteiger charge is -2.10. The second-order valence-corrected chi connectivity index (χ2v) is 7.61. The summed E-state index contributed by atoms with van der Waals surface area (Å²) in [5.74, 6) is 0. The molecule has 7 heteroatoms.